The van der Waals surface area contributed by atoms with E-state index >= 15 is 0 Å². The third-order valence-electron chi connectivity index (χ3n) is 4.68. The van der Waals surface area contributed by atoms with Gasteiger partial charge in [0.15, 0.2) is 5.11 Å². The van der Waals surface area contributed by atoms with E-state index in [1.54, 1.807) is 11.0 Å². The topological polar surface area (TPSA) is 56.9 Å². The summed E-state index contributed by atoms with van der Waals surface area (Å²) in [5.41, 5.74) is 8.62. The Kier molecular flexibility index (Phi) is 6.71. The lowest BCUT2D eigenvalue weighted by Gasteiger charge is -2.37. The molecule has 0 amide bonds. The van der Waals surface area contributed by atoms with E-state index in [4.69, 9.17) is 5.73 Å². The van der Waals surface area contributed by atoms with Crippen molar-refractivity contribution >= 4 is 29.2 Å². The van der Waals surface area contributed by atoms with Gasteiger partial charge in [0.2, 0.25) is 0 Å². The SMILES string of the molecule is NC(=S)NN=Cc1ccc(N2CCN(Cc3ccccc3)CC2)c(C(F)(F)F)c1. The maximum atomic E-state index is 13.7. The number of piperazine rings is 1. The molecule has 2 aromatic rings. The van der Waals surface area contributed by atoms with Crippen LogP contribution in [0.25, 0.3) is 0 Å². The Morgan fingerprint density at radius 2 is 1.79 bits per heavy atom. The zero-order valence-corrected chi connectivity index (χ0v) is 16.5. The number of anilines is 1. The number of nitrogens with zero attached hydrogens (tertiary/aromatic N) is 3. The van der Waals surface area contributed by atoms with Crippen LogP contribution in [0.5, 0.6) is 0 Å². The summed E-state index contributed by atoms with van der Waals surface area (Å²) in [5.74, 6) is 0. The van der Waals surface area contributed by atoms with Gasteiger partial charge in [-0.05, 0) is 35.5 Å². The molecular weight excluding hydrogens is 399 g/mol. The van der Waals surface area contributed by atoms with Crippen LogP contribution in [0, 0.1) is 0 Å². The van der Waals surface area contributed by atoms with Crippen molar-refractivity contribution in [1.29, 1.82) is 0 Å². The molecule has 1 aliphatic heterocycles. The molecule has 1 fully saturated rings. The van der Waals surface area contributed by atoms with Crippen LogP contribution >= 0.6 is 12.2 Å². The largest absolute Gasteiger partial charge is 0.418 e. The van der Waals surface area contributed by atoms with Gasteiger partial charge in [0.05, 0.1) is 11.8 Å². The summed E-state index contributed by atoms with van der Waals surface area (Å²) in [4.78, 5) is 4.04. The number of hydrogen-bond donors (Lipinski definition) is 2. The molecule has 154 valence electrons. The van der Waals surface area contributed by atoms with E-state index in [2.05, 4.69) is 39.8 Å². The quantitative estimate of drug-likeness (QED) is 0.441. The lowest BCUT2D eigenvalue weighted by atomic mass is 10.1. The number of alkyl halides is 3. The Hall–Kier alpha value is -2.65. The fourth-order valence-corrected chi connectivity index (χ4v) is 3.35. The van der Waals surface area contributed by atoms with Crippen LogP contribution in [0.15, 0.2) is 53.6 Å². The summed E-state index contributed by atoms with van der Waals surface area (Å²) in [7, 11) is 0. The average Bonchev–Trinajstić information content (AvgIpc) is 2.68. The lowest BCUT2D eigenvalue weighted by Crippen LogP contribution is -2.46. The first-order valence-electron chi connectivity index (χ1n) is 9.14. The first-order chi connectivity index (χ1) is 13.8. The smallest absolute Gasteiger partial charge is 0.375 e. The number of rotatable bonds is 5. The van der Waals surface area contributed by atoms with Crippen molar-refractivity contribution in [1.82, 2.24) is 10.3 Å². The molecule has 5 nitrogen and oxygen atoms in total. The van der Waals surface area contributed by atoms with Crippen molar-refractivity contribution < 1.29 is 13.2 Å². The number of hydrazone groups is 1. The molecule has 2 aromatic carbocycles. The second kappa shape index (κ2) is 9.23. The highest BCUT2D eigenvalue weighted by atomic mass is 32.1. The standard InChI is InChI=1S/C20H22F3N5S/c21-20(22,23)17-12-16(13-25-26-19(24)29)6-7-18(17)28-10-8-27(9-11-28)14-15-4-2-1-3-5-15/h1-7,12-13H,8-11,14H2,(H3,24,26,29). The molecule has 0 atom stereocenters. The minimum absolute atomic E-state index is 0.0534. The van der Waals surface area contributed by atoms with Crippen molar-refractivity contribution in [2.24, 2.45) is 10.8 Å². The van der Waals surface area contributed by atoms with Crippen molar-refractivity contribution in [3.8, 4) is 0 Å². The van der Waals surface area contributed by atoms with Gasteiger partial charge in [-0.3, -0.25) is 10.3 Å². The van der Waals surface area contributed by atoms with E-state index in [-0.39, 0.29) is 10.8 Å². The summed E-state index contributed by atoms with van der Waals surface area (Å²) in [6.07, 6.45) is -3.20. The average molecular weight is 421 g/mol. The fourth-order valence-electron chi connectivity index (χ4n) is 3.30. The van der Waals surface area contributed by atoms with E-state index in [1.165, 1.54) is 17.8 Å². The molecule has 1 aliphatic rings. The molecule has 0 unspecified atom stereocenters. The highest BCUT2D eigenvalue weighted by molar-refractivity contribution is 7.80. The van der Waals surface area contributed by atoms with Crippen LogP contribution in [0.1, 0.15) is 16.7 Å². The van der Waals surface area contributed by atoms with Crippen molar-refractivity contribution in [3.63, 3.8) is 0 Å². The maximum absolute atomic E-state index is 13.7. The van der Waals surface area contributed by atoms with Crippen LogP contribution in [0.4, 0.5) is 18.9 Å². The molecule has 3 N–H and O–H groups in total. The van der Waals surface area contributed by atoms with E-state index < -0.39 is 11.7 Å². The predicted octanol–water partition coefficient (Wildman–Crippen LogP) is 3.19. The van der Waals surface area contributed by atoms with Gasteiger partial charge in [0, 0.05) is 38.4 Å². The van der Waals surface area contributed by atoms with Crippen molar-refractivity contribution in [2.45, 2.75) is 12.7 Å². The summed E-state index contributed by atoms with van der Waals surface area (Å²) < 4.78 is 41.0. The third-order valence-corrected chi connectivity index (χ3v) is 4.77. The molecule has 0 bridgehead atoms. The number of hydrogen-bond acceptors (Lipinski definition) is 4. The van der Waals surface area contributed by atoms with Crippen LogP contribution in [0.3, 0.4) is 0 Å². The third kappa shape index (κ3) is 5.91. The summed E-state index contributed by atoms with van der Waals surface area (Å²) in [6.45, 7) is 3.27. The molecule has 0 saturated carbocycles. The van der Waals surface area contributed by atoms with Crippen LogP contribution in [-0.2, 0) is 12.7 Å². The van der Waals surface area contributed by atoms with Gasteiger partial charge >= 0.3 is 6.18 Å². The van der Waals surface area contributed by atoms with Crippen LogP contribution in [-0.4, -0.2) is 42.4 Å². The summed E-state index contributed by atoms with van der Waals surface area (Å²) in [6, 6.07) is 14.3. The van der Waals surface area contributed by atoms with E-state index in [1.807, 2.05) is 18.2 Å². The number of nitrogens with one attached hydrogen (secondary N) is 1. The maximum Gasteiger partial charge on any atom is 0.418 e. The summed E-state index contributed by atoms with van der Waals surface area (Å²) in [5, 5.41) is 3.67. The molecule has 3 rings (SSSR count). The van der Waals surface area contributed by atoms with Gasteiger partial charge in [-0.2, -0.15) is 18.3 Å². The number of nitrogens with two attached hydrogens (primary N) is 1. The second-order valence-corrected chi connectivity index (χ2v) is 7.20. The minimum atomic E-state index is -4.46. The molecule has 1 saturated heterocycles. The number of halogens is 3. The van der Waals surface area contributed by atoms with Crippen LogP contribution in [0.2, 0.25) is 0 Å². The molecule has 29 heavy (non-hydrogen) atoms. The highest BCUT2D eigenvalue weighted by Gasteiger charge is 2.35. The highest BCUT2D eigenvalue weighted by Crippen LogP contribution is 2.37. The Bertz CT molecular complexity index is 862. The summed E-state index contributed by atoms with van der Waals surface area (Å²) >= 11 is 4.62. The van der Waals surface area contributed by atoms with Gasteiger partial charge in [0.1, 0.15) is 0 Å². The van der Waals surface area contributed by atoms with Crippen LogP contribution < -0.4 is 16.1 Å². The van der Waals surface area contributed by atoms with Gasteiger partial charge in [-0.15, -0.1) is 0 Å². The lowest BCUT2D eigenvalue weighted by molar-refractivity contribution is -0.137. The Balaban J connectivity index is 1.71. The zero-order chi connectivity index (χ0) is 20.9. The van der Waals surface area contributed by atoms with E-state index in [0.29, 0.717) is 31.7 Å². The minimum Gasteiger partial charge on any atom is -0.375 e. The molecular formula is C20H22F3N5S. The van der Waals surface area contributed by atoms with E-state index in [9.17, 15) is 13.2 Å². The fraction of sp³-hybridized carbons (Fsp3) is 0.300. The van der Waals surface area contributed by atoms with Crippen molar-refractivity contribution in [2.75, 3.05) is 31.1 Å². The molecule has 1 heterocycles. The normalized spacial score (nSPS) is 15.6. The number of benzene rings is 2. The molecule has 0 radical (unpaired) electrons. The van der Waals surface area contributed by atoms with Gasteiger partial charge in [-0.1, -0.05) is 36.4 Å². The van der Waals surface area contributed by atoms with Gasteiger partial charge in [0.25, 0.3) is 0 Å². The van der Waals surface area contributed by atoms with Gasteiger partial charge in [-0.25, -0.2) is 0 Å². The monoisotopic (exact) mass is 421 g/mol. The Labute approximate surface area is 173 Å². The Morgan fingerprint density at radius 3 is 2.41 bits per heavy atom. The molecule has 9 heteroatoms. The second-order valence-electron chi connectivity index (χ2n) is 6.76. The molecule has 0 aliphatic carbocycles. The van der Waals surface area contributed by atoms with Gasteiger partial charge < -0.3 is 10.6 Å². The zero-order valence-electron chi connectivity index (χ0n) is 15.7. The molecule has 0 aromatic heterocycles. The molecule has 0 spiro atoms. The first-order valence-corrected chi connectivity index (χ1v) is 9.55. The van der Waals surface area contributed by atoms with Crippen molar-refractivity contribution in [3.05, 3.63) is 65.2 Å². The first kappa shape index (κ1) is 21.1. The number of thiocarbonyl (C=S) groups is 1. The Morgan fingerprint density at radius 1 is 1.10 bits per heavy atom. The van der Waals surface area contributed by atoms with E-state index in [0.717, 1.165) is 12.6 Å². The predicted molar refractivity (Wildman–Crippen MR) is 113 cm³/mol.